The van der Waals surface area contributed by atoms with Crippen LogP contribution in [0.3, 0.4) is 0 Å². The van der Waals surface area contributed by atoms with Crippen molar-refractivity contribution < 1.29 is 27.8 Å². The quantitative estimate of drug-likeness (QED) is 0.789. The minimum atomic E-state index is -4.74. The average Bonchev–Trinajstić information content (AvgIpc) is 2.86. The molecule has 0 amide bonds. The van der Waals surface area contributed by atoms with Gasteiger partial charge in [-0.3, -0.25) is 4.68 Å². The summed E-state index contributed by atoms with van der Waals surface area (Å²) >= 11 is 0. The zero-order valence-corrected chi connectivity index (χ0v) is 12.1. The molecule has 2 aromatic carbocycles. The van der Waals surface area contributed by atoms with Crippen molar-refractivity contribution >= 4 is 16.9 Å². The first kappa shape index (κ1) is 15.9. The van der Waals surface area contributed by atoms with Crippen LogP contribution >= 0.6 is 0 Å². The highest BCUT2D eigenvalue weighted by Gasteiger charge is 2.31. The second kappa shape index (κ2) is 5.88. The van der Waals surface area contributed by atoms with Gasteiger partial charge in [-0.25, -0.2) is 4.79 Å². The van der Waals surface area contributed by atoms with Crippen molar-refractivity contribution in [3.8, 4) is 5.75 Å². The molecule has 24 heavy (non-hydrogen) atoms. The fourth-order valence-electron chi connectivity index (χ4n) is 2.32. The molecule has 0 unspecified atom stereocenters. The lowest BCUT2D eigenvalue weighted by Crippen LogP contribution is -2.17. The van der Waals surface area contributed by atoms with E-state index in [1.807, 2.05) is 0 Å². The van der Waals surface area contributed by atoms with Crippen LogP contribution in [0.1, 0.15) is 15.9 Å². The lowest BCUT2D eigenvalue weighted by molar-refractivity contribution is -0.274. The number of ether oxygens (including phenoxy) is 1. The first-order valence-corrected chi connectivity index (χ1v) is 6.85. The monoisotopic (exact) mass is 336 g/mol. The molecule has 1 N–H and O–H groups in total. The van der Waals surface area contributed by atoms with E-state index in [0.717, 1.165) is 0 Å². The molecule has 3 aromatic rings. The van der Waals surface area contributed by atoms with Gasteiger partial charge in [-0.2, -0.15) is 5.10 Å². The van der Waals surface area contributed by atoms with Gasteiger partial charge in [-0.1, -0.05) is 12.1 Å². The van der Waals surface area contributed by atoms with Gasteiger partial charge in [0.2, 0.25) is 0 Å². The predicted octanol–water partition coefficient (Wildman–Crippen LogP) is 3.68. The number of aromatic nitrogens is 2. The third-order valence-electron chi connectivity index (χ3n) is 3.28. The number of carbonyl (C=O) groups is 1. The van der Waals surface area contributed by atoms with Crippen LogP contribution in [0.15, 0.2) is 48.7 Å². The standard InChI is InChI=1S/C16H11F3N2O3/c17-16(18,19)24-13-3-1-2-10(6-13)8-21-9-12-7-11(15(22)23)4-5-14(12)20-21/h1-7,9H,8H2,(H,22,23). The van der Waals surface area contributed by atoms with Crippen molar-refractivity contribution in [3.63, 3.8) is 0 Å². The Morgan fingerprint density at radius 1 is 1.21 bits per heavy atom. The molecule has 0 saturated carbocycles. The van der Waals surface area contributed by atoms with Crippen molar-refractivity contribution in [3.05, 3.63) is 59.8 Å². The summed E-state index contributed by atoms with van der Waals surface area (Å²) in [5.41, 5.74) is 1.31. The topological polar surface area (TPSA) is 64.3 Å². The number of hydrogen-bond acceptors (Lipinski definition) is 3. The molecule has 0 atom stereocenters. The van der Waals surface area contributed by atoms with Gasteiger partial charge in [0.05, 0.1) is 17.6 Å². The summed E-state index contributed by atoms with van der Waals surface area (Å²) in [5.74, 6) is -1.34. The fourth-order valence-corrected chi connectivity index (χ4v) is 2.32. The van der Waals surface area contributed by atoms with Crippen LogP contribution in [-0.4, -0.2) is 27.2 Å². The van der Waals surface area contributed by atoms with Gasteiger partial charge in [0.15, 0.2) is 0 Å². The molecule has 0 aliphatic carbocycles. The normalized spacial score (nSPS) is 11.6. The molecule has 0 fully saturated rings. The number of carboxylic acids is 1. The Hall–Kier alpha value is -3.03. The first-order chi connectivity index (χ1) is 11.3. The van der Waals surface area contributed by atoms with Gasteiger partial charge >= 0.3 is 12.3 Å². The molecular formula is C16H11F3N2O3. The fraction of sp³-hybridized carbons (Fsp3) is 0.125. The zero-order valence-electron chi connectivity index (χ0n) is 12.1. The number of carboxylic acid groups (broad SMARTS) is 1. The van der Waals surface area contributed by atoms with E-state index in [1.54, 1.807) is 18.3 Å². The number of aromatic carboxylic acids is 1. The van der Waals surface area contributed by atoms with Crippen molar-refractivity contribution in [2.45, 2.75) is 12.9 Å². The van der Waals surface area contributed by atoms with Crippen LogP contribution < -0.4 is 4.74 Å². The molecule has 0 saturated heterocycles. The number of fused-ring (bicyclic) bond motifs is 1. The Kier molecular flexibility index (Phi) is 3.88. The SMILES string of the molecule is O=C(O)c1ccc2nn(Cc3cccc(OC(F)(F)F)c3)cc2c1. The van der Waals surface area contributed by atoms with Crippen LogP contribution in [0.4, 0.5) is 13.2 Å². The zero-order chi connectivity index (χ0) is 17.3. The van der Waals surface area contributed by atoms with Crippen molar-refractivity contribution in [2.24, 2.45) is 0 Å². The van der Waals surface area contributed by atoms with E-state index in [0.29, 0.717) is 16.5 Å². The Morgan fingerprint density at radius 2 is 2.00 bits per heavy atom. The summed E-state index contributed by atoms with van der Waals surface area (Å²) in [6.45, 7) is 0.228. The van der Waals surface area contributed by atoms with E-state index in [-0.39, 0.29) is 17.9 Å². The summed E-state index contributed by atoms with van der Waals surface area (Å²) < 4.78 is 42.2. The number of nitrogens with zero attached hydrogens (tertiary/aromatic N) is 2. The highest BCUT2D eigenvalue weighted by molar-refractivity contribution is 5.93. The minimum Gasteiger partial charge on any atom is -0.478 e. The third kappa shape index (κ3) is 3.65. The molecule has 0 aliphatic heterocycles. The minimum absolute atomic E-state index is 0.141. The maximum absolute atomic E-state index is 12.3. The lowest BCUT2D eigenvalue weighted by atomic mass is 10.2. The largest absolute Gasteiger partial charge is 0.573 e. The summed E-state index contributed by atoms with van der Waals surface area (Å²) in [4.78, 5) is 11.0. The molecule has 1 aromatic heterocycles. The van der Waals surface area contributed by atoms with Crippen LogP contribution in [0.25, 0.3) is 10.9 Å². The number of hydrogen-bond donors (Lipinski definition) is 1. The Morgan fingerprint density at radius 3 is 2.71 bits per heavy atom. The summed E-state index contributed by atoms with van der Waals surface area (Å²) in [7, 11) is 0. The molecule has 0 bridgehead atoms. The molecule has 124 valence electrons. The van der Waals surface area contributed by atoms with Crippen molar-refractivity contribution in [1.29, 1.82) is 0 Å². The maximum atomic E-state index is 12.3. The van der Waals surface area contributed by atoms with Gasteiger partial charge in [-0.05, 0) is 35.9 Å². The van der Waals surface area contributed by atoms with Crippen LogP contribution in [0, 0.1) is 0 Å². The lowest BCUT2D eigenvalue weighted by Gasteiger charge is -2.10. The van der Waals surface area contributed by atoms with Gasteiger partial charge in [-0.15, -0.1) is 13.2 Å². The second-order valence-electron chi connectivity index (χ2n) is 5.10. The average molecular weight is 336 g/mol. The highest BCUT2D eigenvalue weighted by Crippen LogP contribution is 2.24. The Balaban J connectivity index is 1.84. The molecular weight excluding hydrogens is 325 g/mol. The first-order valence-electron chi connectivity index (χ1n) is 6.85. The molecule has 3 rings (SSSR count). The number of benzene rings is 2. The van der Waals surface area contributed by atoms with Crippen LogP contribution in [0.2, 0.25) is 0 Å². The summed E-state index contributed by atoms with van der Waals surface area (Å²) in [5, 5.41) is 13.9. The Labute approximate surface area is 133 Å². The van der Waals surface area contributed by atoms with Gasteiger partial charge in [0, 0.05) is 11.6 Å². The third-order valence-corrected chi connectivity index (χ3v) is 3.28. The molecule has 0 aliphatic rings. The maximum Gasteiger partial charge on any atom is 0.573 e. The van der Waals surface area contributed by atoms with E-state index in [2.05, 4.69) is 9.84 Å². The van der Waals surface area contributed by atoms with Gasteiger partial charge < -0.3 is 9.84 Å². The number of rotatable bonds is 4. The van der Waals surface area contributed by atoms with Crippen LogP contribution in [0.5, 0.6) is 5.75 Å². The predicted molar refractivity (Wildman–Crippen MR) is 78.9 cm³/mol. The molecule has 1 heterocycles. The van der Waals surface area contributed by atoms with E-state index >= 15 is 0 Å². The van der Waals surface area contributed by atoms with E-state index in [9.17, 15) is 18.0 Å². The second-order valence-corrected chi connectivity index (χ2v) is 5.10. The van der Waals surface area contributed by atoms with E-state index < -0.39 is 12.3 Å². The molecule has 8 heteroatoms. The van der Waals surface area contributed by atoms with E-state index in [4.69, 9.17) is 5.11 Å². The van der Waals surface area contributed by atoms with Crippen molar-refractivity contribution in [1.82, 2.24) is 9.78 Å². The van der Waals surface area contributed by atoms with Gasteiger partial charge in [0.1, 0.15) is 5.75 Å². The van der Waals surface area contributed by atoms with E-state index in [1.165, 1.54) is 35.0 Å². The van der Waals surface area contributed by atoms with Crippen LogP contribution in [-0.2, 0) is 6.54 Å². The molecule has 5 nitrogen and oxygen atoms in total. The highest BCUT2D eigenvalue weighted by atomic mass is 19.4. The summed E-state index contributed by atoms with van der Waals surface area (Å²) in [6.07, 6.45) is -3.11. The Bertz CT molecular complexity index is 903. The summed E-state index contributed by atoms with van der Waals surface area (Å²) in [6, 6.07) is 10.1. The number of alkyl halides is 3. The van der Waals surface area contributed by atoms with Gasteiger partial charge in [0.25, 0.3) is 0 Å². The molecule has 0 radical (unpaired) electrons. The van der Waals surface area contributed by atoms with Crippen molar-refractivity contribution in [2.75, 3.05) is 0 Å². The molecule has 0 spiro atoms. The smallest absolute Gasteiger partial charge is 0.478 e. The number of halogens is 3.